The van der Waals surface area contributed by atoms with Crippen LogP contribution in [0.4, 0.5) is 40.7 Å². The van der Waals surface area contributed by atoms with E-state index in [0.29, 0.717) is 23.6 Å². The van der Waals surface area contributed by atoms with Crippen LogP contribution in [0, 0.1) is 0 Å². The molecule has 1 heterocycles. The maximum absolute atomic E-state index is 12.8. The van der Waals surface area contributed by atoms with Crippen LogP contribution < -0.4 is 20.3 Å². The molecule has 0 saturated heterocycles. The molecule has 39 heavy (non-hydrogen) atoms. The van der Waals surface area contributed by atoms with Crippen LogP contribution in [-0.2, 0) is 5.41 Å². The average molecular weight is 534 g/mol. The smallest absolute Gasteiger partial charge is 0.506 e. The molecule has 4 aromatic carbocycles. The van der Waals surface area contributed by atoms with Crippen molar-refractivity contribution >= 4 is 28.8 Å². The molecule has 0 fully saturated rings. The van der Waals surface area contributed by atoms with E-state index >= 15 is 0 Å². The number of carbonyl (C=O) groups excluding carboxylic acids is 1. The monoisotopic (exact) mass is 533 g/mol. The van der Waals surface area contributed by atoms with Gasteiger partial charge in [0.05, 0.1) is 17.1 Å². The second kappa shape index (κ2) is 9.90. The van der Waals surface area contributed by atoms with Crippen molar-refractivity contribution in [1.82, 2.24) is 0 Å². The Kier molecular flexibility index (Phi) is 6.59. The summed E-state index contributed by atoms with van der Waals surface area (Å²) in [5.41, 5.74) is 4.91. The molecule has 0 aromatic heterocycles. The molecule has 0 atom stereocenters. The van der Waals surface area contributed by atoms with Crippen LogP contribution >= 0.6 is 0 Å². The van der Waals surface area contributed by atoms with E-state index in [4.69, 9.17) is 0 Å². The van der Waals surface area contributed by atoms with Gasteiger partial charge in [0, 0.05) is 17.6 Å². The molecule has 0 aliphatic carbocycles. The second-order valence-electron chi connectivity index (χ2n) is 9.86. The van der Waals surface area contributed by atoms with Crippen LogP contribution in [0.25, 0.3) is 11.1 Å². The summed E-state index contributed by atoms with van der Waals surface area (Å²) < 4.78 is 41.1. The number of benzene rings is 4. The summed E-state index contributed by atoms with van der Waals surface area (Å²) in [5.74, 6) is -0.250. The van der Waals surface area contributed by atoms with Gasteiger partial charge in [0.15, 0.2) is 0 Å². The number of ether oxygens (including phenoxy) is 1. The molecule has 0 bridgehead atoms. The second-order valence-corrected chi connectivity index (χ2v) is 9.86. The molecular formula is C30H26F3N3O3. The highest BCUT2D eigenvalue weighted by Crippen LogP contribution is 2.53. The van der Waals surface area contributed by atoms with Crippen LogP contribution in [0.15, 0.2) is 91.0 Å². The minimum absolute atomic E-state index is 0.135. The van der Waals surface area contributed by atoms with Gasteiger partial charge in [0.2, 0.25) is 0 Å². The van der Waals surface area contributed by atoms with Gasteiger partial charge in [0.25, 0.3) is 0 Å². The van der Waals surface area contributed by atoms with Crippen LogP contribution in [-0.4, -0.2) is 24.0 Å². The molecule has 3 N–H and O–H groups in total. The number of aromatic hydroxyl groups is 1. The van der Waals surface area contributed by atoms with Crippen molar-refractivity contribution in [2.75, 3.05) is 22.1 Å². The van der Waals surface area contributed by atoms with Crippen molar-refractivity contribution in [3.05, 3.63) is 96.6 Å². The number of halogens is 3. The molecule has 0 radical (unpaired) electrons. The first-order valence-electron chi connectivity index (χ1n) is 12.2. The van der Waals surface area contributed by atoms with Crippen LogP contribution in [0.2, 0.25) is 0 Å². The molecule has 6 nitrogen and oxygen atoms in total. The molecule has 4 aromatic rings. The molecule has 2 amide bonds. The van der Waals surface area contributed by atoms with E-state index < -0.39 is 12.4 Å². The zero-order chi connectivity index (χ0) is 27.8. The number of phenolic OH excluding ortho intramolecular Hbond substituents is 1. The molecule has 0 unspecified atom stereocenters. The van der Waals surface area contributed by atoms with Gasteiger partial charge in [-0.25, -0.2) is 4.79 Å². The third-order valence-corrected chi connectivity index (χ3v) is 6.53. The first-order valence-corrected chi connectivity index (χ1v) is 12.2. The highest BCUT2D eigenvalue weighted by Gasteiger charge is 2.40. The van der Waals surface area contributed by atoms with Crippen molar-refractivity contribution in [2.45, 2.75) is 25.6 Å². The Labute approximate surface area is 223 Å². The maximum Gasteiger partial charge on any atom is 0.573 e. The molecule has 0 saturated carbocycles. The zero-order valence-electron chi connectivity index (χ0n) is 21.2. The lowest BCUT2D eigenvalue weighted by Crippen LogP contribution is -2.27. The molecular weight excluding hydrogens is 507 g/mol. The standard InChI is InChI=1S/C30H26F3N3O3/c1-29(2)18-36(27-25(37)17-16-22(26(27)29)19-8-4-3-5-9-19)24-11-7-6-10-23(24)35-28(38)34-20-12-14-21(15-13-20)39-30(31,32)33/h3-17,37H,18H2,1-2H3,(H2,34,35,38). The van der Waals surface area contributed by atoms with E-state index in [1.165, 1.54) is 12.1 Å². The number of nitrogens with one attached hydrogen (secondary N) is 2. The van der Waals surface area contributed by atoms with Gasteiger partial charge in [-0.05, 0) is 59.2 Å². The summed E-state index contributed by atoms with van der Waals surface area (Å²) in [6, 6.07) is 25.1. The van der Waals surface area contributed by atoms with Gasteiger partial charge in [0.1, 0.15) is 11.5 Å². The van der Waals surface area contributed by atoms with E-state index in [-0.39, 0.29) is 22.6 Å². The predicted octanol–water partition coefficient (Wildman–Crippen LogP) is 8.03. The summed E-state index contributed by atoms with van der Waals surface area (Å²) in [6.07, 6.45) is -4.80. The third kappa shape index (κ3) is 5.47. The van der Waals surface area contributed by atoms with Gasteiger partial charge < -0.3 is 25.4 Å². The summed E-state index contributed by atoms with van der Waals surface area (Å²) in [4.78, 5) is 14.8. The lowest BCUT2D eigenvalue weighted by atomic mass is 9.81. The normalized spacial score (nSPS) is 14.0. The number of hydrogen-bond acceptors (Lipinski definition) is 4. The summed E-state index contributed by atoms with van der Waals surface area (Å²) in [7, 11) is 0. The Morgan fingerprint density at radius 2 is 1.56 bits per heavy atom. The maximum atomic E-state index is 12.8. The Balaban J connectivity index is 1.43. The highest BCUT2D eigenvalue weighted by atomic mass is 19.4. The molecule has 200 valence electrons. The summed E-state index contributed by atoms with van der Waals surface area (Å²) >= 11 is 0. The first-order chi connectivity index (χ1) is 18.5. The van der Waals surface area contributed by atoms with Crippen LogP contribution in [0.1, 0.15) is 19.4 Å². The van der Waals surface area contributed by atoms with Gasteiger partial charge >= 0.3 is 12.4 Å². The van der Waals surface area contributed by atoms with Gasteiger partial charge in [-0.2, -0.15) is 0 Å². The third-order valence-electron chi connectivity index (χ3n) is 6.53. The fourth-order valence-corrected chi connectivity index (χ4v) is 5.00. The zero-order valence-corrected chi connectivity index (χ0v) is 21.2. The Bertz CT molecular complexity index is 1500. The number of nitrogens with zero attached hydrogens (tertiary/aromatic N) is 1. The number of urea groups is 1. The number of rotatable bonds is 5. The lowest BCUT2D eigenvalue weighted by Gasteiger charge is -2.25. The number of anilines is 4. The Morgan fingerprint density at radius 1 is 0.897 bits per heavy atom. The quantitative estimate of drug-likeness (QED) is 0.243. The van der Waals surface area contributed by atoms with Crippen molar-refractivity contribution in [3.8, 4) is 22.6 Å². The van der Waals surface area contributed by atoms with Crippen molar-refractivity contribution in [1.29, 1.82) is 0 Å². The number of amides is 2. The Hall–Kier alpha value is -4.66. The number of hydrogen-bond donors (Lipinski definition) is 3. The number of phenols is 1. The fourth-order valence-electron chi connectivity index (χ4n) is 5.00. The summed E-state index contributed by atoms with van der Waals surface area (Å²) in [5, 5.41) is 16.5. The number of fused-ring (bicyclic) bond motifs is 1. The minimum atomic E-state index is -4.80. The molecule has 0 spiro atoms. The summed E-state index contributed by atoms with van der Waals surface area (Å²) in [6.45, 7) is 4.79. The van der Waals surface area contributed by atoms with E-state index in [0.717, 1.165) is 28.8 Å². The van der Waals surface area contributed by atoms with Crippen LogP contribution in [0.3, 0.4) is 0 Å². The van der Waals surface area contributed by atoms with Crippen molar-refractivity contribution in [3.63, 3.8) is 0 Å². The SMILES string of the molecule is CC1(C)CN(c2ccccc2NC(=O)Nc2ccc(OC(F)(F)F)cc2)c2c(O)ccc(-c3ccccc3)c21. The lowest BCUT2D eigenvalue weighted by molar-refractivity contribution is -0.274. The van der Waals surface area contributed by atoms with Gasteiger partial charge in [-0.3, -0.25) is 0 Å². The number of carbonyl (C=O) groups is 1. The molecule has 5 rings (SSSR count). The van der Waals surface area contributed by atoms with E-state index in [1.807, 2.05) is 53.4 Å². The van der Waals surface area contributed by atoms with E-state index in [1.54, 1.807) is 18.2 Å². The fraction of sp³-hybridized carbons (Fsp3) is 0.167. The molecule has 1 aliphatic heterocycles. The van der Waals surface area contributed by atoms with E-state index in [9.17, 15) is 23.1 Å². The molecule has 9 heteroatoms. The largest absolute Gasteiger partial charge is 0.573 e. The topological polar surface area (TPSA) is 73.8 Å². The highest BCUT2D eigenvalue weighted by molar-refractivity contribution is 6.03. The van der Waals surface area contributed by atoms with Crippen LogP contribution in [0.5, 0.6) is 11.5 Å². The van der Waals surface area contributed by atoms with Crippen molar-refractivity contribution < 1.29 is 27.8 Å². The average Bonchev–Trinajstić information content (AvgIpc) is 3.17. The first kappa shape index (κ1) is 26.0. The van der Waals surface area contributed by atoms with Gasteiger partial charge in [-0.1, -0.05) is 62.4 Å². The van der Waals surface area contributed by atoms with Gasteiger partial charge in [-0.15, -0.1) is 13.2 Å². The predicted molar refractivity (Wildman–Crippen MR) is 146 cm³/mol. The van der Waals surface area contributed by atoms with E-state index in [2.05, 4.69) is 29.2 Å². The Morgan fingerprint density at radius 3 is 2.26 bits per heavy atom. The minimum Gasteiger partial charge on any atom is -0.506 e. The molecule has 1 aliphatic rings. The number of alkyl halides is 3. The number of para-hydroxylation sites is 2. The van der Waals surface area contributed by atoms with Crippen molar-refractivity contribution in [2.24, 2.45) is 0 Å².